The number of anilines is 1. The zero-order chi connectivity index (χ0) is 37.2. The van der Waals surface area contributed by atoms with Crippen LogP contribution < -0.4 is 9.64 Å². The van der Waals surface area contributed by atoms with Crippen molar-refractivity contribution in [3.8, 4) is 5.75 Å². The van der Waals surface area contributed by atoms with Crippen LogP contribution in [0.5, 0.6) is 5.75 Å². The van der Waals surface area contributed by atoms with Crippen molar-refractivity contribution in [3.05, 3.63) is 70.3 Å². The van der Waals surface area contributed by atoms with E-state index in [1.165, 1.54) is 11.1 Å². The molecule has 3 aliphatic heterocycles. The molecule has 2 amide bonds. The SMILES string of the molecule is CO[C@H]1/C=C/C[C@H](C)CS(=O)(/C=N/C(=O)COC2(C)CCOCC2)=NC(=O)c2ccc3c(c2)N(C[C@@H]2CC[C@H]21)C[C@@]1(CCCc2cc(Cl)ccc21)CO3. The van der Waals surface area contributed by atoms with Gasteiger partial charge >= 0.3 is 0 Å². The fourth-order valence-electron chi connectivity index (χ4n) is 8.76. The van der Waals surface area contributed by atoms with Gasteiger partial charge in [0, 0.05) is 55.2 Å². The summed E-state index contributed by atoms with van der Waals surface area (Å²) >= 11 is 6.46. The molecule has 5 aliphatic rings. The number of hydrogen-bond donors (Lipinski definition) is 0. The number of ether oxygens (including phenoxy) is 4. The molecule has 286 valence electrons. The number of nitrogens with zero attached hydrogens (tertiary/aromatic N) is 3. The lowest BCUT2D eigenvalue weighted by Crippen LogP contribution is -2.49. The first-order valence-electron chi connectivity index (χ1n) is 19.1. The summed E-state index contributed by atoms with van der Waals surface area (Å²) in [5.74, 6) is 0.200. The number of methoxy groups -OCH3 is 1. The number of aryl methyl sites for hydroxylation is 1. The number of benzene rings is 2. The normalized spacial score (nSPS) is 32.1. The molecule has 1 unspecified atom stereocenters. The van der Waals surface area contributed by atoms with E-state index in [2.05, 4.69) is 38.5 Å². The molecule has 0 aromatic heterocycles. The van der Waals surface area contributed by atoms with Gasteiger partial charge in [-0.3, -0.25) is 9.59 Å². The molecule has 0 N–H and O–H groups in total. The van der Waals surface area contributed by atoms with E-state index >= 15 is 0 Å². The molecule has 2 aromatic rings. The number of amides is 2. The van der Waals surface area contributed by atoms with Crippen molar-refractivity contribution in [1.82, 2.24) is 0 Å². The summed E-state index contributed by atoms with van der Waals surface area (Å²) < 4.78 is 42.9. The van der Waals surface area contributed by atoms with E-state index in [0.717, 1.165) is 61.5 Å². The van der Waals surface area contributed by atoms with Crippen molar-refractivity contribution >= 4 is 44.4 Å². The number of carbonyl (C=O) groups excluding carboxylic acids is 2. The summed E-state index contributed by atoms with van der Waals surface area (Å²) in [6.45, 7) is 6.81. The first-order valence-corrected chi connectivity index (χ1v) is 21.2. The van der Waals surface area contributed by atoms with E-state index in [9.17, 15) is 13.8 Å². The largest absolute Gasteiger partial charge is 0.490 e. The smallest absolute Gasteiger partial charge is 0.285 e. The fraction of sp³-hybridized carbons (Fsp3) is 0.585. The molecule has 0 radical (unpaired) electrons. The third-order valence-corrected chi connectivity index (χ3v) is 14.2. The Kier molecular flexibility index (Phi) is 11.5. The highest BCUT2D eigenvalue weighted by Crippen LogP contribution is 2.47. The van der Waals surface area contributed by atoms with Crippen molar-refractivity contribution in [2.24, 2.45) is 27.1 Å². The van der Waals surface area contributed by atoms with Crippen LogP contribution in [0.2, 0.25) is 5.02 Å². The molecular weight excluding hydrogens is 714 g/mol. The molecule has 6 atom stereocenters. The maximum absolute atomic E-state index is 14.5. The van der Waals surface area contributed by atoms with Crippen LogP contribution >= 0.6 is 11.6 Å². The molecule has 53 heavy (non-hydrogen) atoms. The second kappa shape index (κ2) is 15.9. The summed E-state index contributed by atoms with van der Waals surface area (Å²) in [6, 6.07) is 11.6. The molecule has 1 saturated heterocycles. The average Bonchev–Trinajstić information content (AvgIpc) is 3.27. The Morgan fingerprint density at radius 1 is 1.17 bits per heavy atom. The predicted molar refractivity (Wildman–Crippen MR) is 208 cm³/mol. The van der Waals surface area contributed by atoms with Crippen LogP contribution in [-0.4, -0.2) is 85.7 Å². The minimum absolute atomic E-state index is 0.0539. The van der Waals surface area contributed by atoms with Gasteiger partial charge in [0.1, 0.15) is 17.9 Å². The van der Waals surface area contributed by atoms with Crippen LogP contribution in [0.25, 0.3) is 0 Å². The van der Waals surface area contributed by atoms with Gasteiger partial charge in [-0.05, 0) is 118 Å². The second-order valence-electron chi connectivity index (χ2n) is 16.0. The Hall–Kier alpha value is -3.09. The van der Waals surface area contributed by atoms with Gasteiger partial charge in [0.25, 0.3) is 11.8 Å². The fourth-order valence-corrected chi connectivity index (χ4v) is 10.8. The van der Waals surface area contributed by atoms with Gasteiger partial charge in [-0.2, -0.15) is 4.36 Å². The maximum Gasteiger partial charge on any atom is 0.285 e. The Balaban J connectivity index is 1.24. The van der Waals surface area contributed by atoms with Crippen molar-refractivity contribution in [1.29, 1.82) is 0 Å². The molecule has 1 spiro atoms. The molecule has 2 fully saturated rings. The number of fused-ring (bicyclic) bond motifs is 4. The van der Waals surface area contributed by atoms with E-state index in [1.54, 1.807) is 13.2 Å². The van der Waals surface area contributed by atoms with Crippen LogP contribution in [0.3, 0.4) is 0 Å². The lowest BCUT2D eigenvalue weighted by atomic mass is 9.68. The standard InChI is InChI=1S/C41H52ClN3O7S/c1-28-6-4-8-36(49-3)33-12-9-31(33)22-45-25-41(15-5-7-29-20-32(42)11-13-34(29)41)26-51-37-14-10-30(21-35(37)45)39(47)44-53(48,24-28)27-43-38(46)23-52-40(2)16-18-50-19-17-40/h4,8,10-11,13-14,20-21,27-28,31,33,36H,5-7,9,12,15-19,22-26H2,1-3H3/b8-4+,43-27+/t28-,31-,33+,36-,41-,53?/m0/s1. The Labute approximate surface area is 318 Å². The van der Waals surface area contributed by atoms with Gasteiger partial charge in [-0.25, -0.2) is 9.20 Å². The number of hydrogen-bond acceptors (Lipinski definition) is 8. The molecular formula is C41H52ClN3O7S. The maximum atomic E-state index is 14.5. The van der Waals surface area contributed by atoms with E-state index in [-0.39, 0.29) is 29.8 Å². The summed E-state index contributed by atoms with van der Waals surface area (Å²) in [5, 5.41) is 0.740. The predicted octanol–water partition coefficient (Wildman–Crippen LogP) is 7.20. The topological polar surface area (TPSA) is 116 Å². The van der Waals surface area contributed by atoms with Crippen LogP contribution in [-0.2, 0) is 40.6 Å². The van der Waals surface area contributed by atoms with E-state index in [1.807, 2.05) is 32.0 Å². The highest BCUT2D eigenvalue weighted by Gasteiger charge is 2.44. The minimum atomic E-state index is -3.38. The highest BCUT2D eigenvalue weighted by molar-refractivity contribution is 8.06. The quantitative estimate of drug-likeness (QED) is 0.178. The summed E-state index contributed by atoms with van der Waals surface area (Å²) in [5.41, 5.74) is 4.02. The molecule has 10 nitrogen and oxygen atoms in total. The van der Waals surface area contributed by atoms with E-state index in [4.69, 9.17) is 30.5 Å². The van der Waals surface area contributed by atoms with Gasteiger partial charge < -0.3 is 23.8 Å². The van der Waals surface area contributed by atoms with E-state index < -0.39 is 27.1 Å². The molecule has 2 aliphatic carbocycles. The van der Waals surface area contributed by atoms with E-state index in [0.29, 0.717) is 62.2 Å². The van der Waals surface area contributed by atoms with Crippen molar-refractivity contribution < 1.29 is 32.7 Å². The van der Waals surface area contributed by atoms with Crippen molar-refractivity contribution in [2.45, 2.75) is 82.3 Å². The number of halogens is 1. The van der Waals surface area contributed by atoms with Gasteiger partial charge in [-0.15, -0.1) is 0 Å². The Morgan fingerprint density at radius 2 is 2.00 bits per heavy atom. The summed E-state index contributed by atoms with van der Waals surface area (Å²) in [6.07, 6.45) is 11.3. The molecule has 3 heterocycles. The summed E-state index contributed by atoms with van der Waals surface area (Å²) in [4.78, 5) is 33.3. The lowest BCUT2D eigenvalue weighted by Gasteiger charge is -2.46. The molecule has 2 bridgehead atoms. The van der Waals surface area contributed by atoms with Gasteiger partial charge in [0.2, 0.25) is 0 Å². The first-order chi connectivity index (χ1) is 25.5. The van der Waals surface area contributed by atoms with Gasteiger partial charge in [-0.1, -0.05) is 36.7 Å². The van der Waals surface area contributed by atoms with Crippen LogP contribution in [0, 0.1) is 17.8 Å². The van der Waals surface area contributed by atoms with Crippen LogP contribution in [0.4, 0.5) is 5.69 Å². The number of aliphatic imine (C=N–C) groups is 1. The second-order valence-corrected chi connectivity index (χ2v) is 18.5. The van der Waals surface area contributed by atoms with Crippen LogP contribution in [0.1, 0.15) is 80.3 Å². The number of allylic oxidation sites excluding steroid dienone is 1. The lowest BCUT2D eigenvalue weighted by molar-refractivity contribution is -0.137. The highest BCUT2D eigenvalue weighted by atomic mass is 35.5. The zero-order valence-electron chi connectivity index (χ0n) is 31.1. The van der Waals surface area contributed by atoms with Crippen molar-refractivity contribution in [2.75, 3.05) is 57.3 Å². The minimum Gasteiger partial charge on any atom is -0.490 e. The summed E-state index contributed by atoms with van der Waals surface area (Å²) in [7, 11) is -1.61. The Bertz CT molecular complexity index is 1880. The third kappa shape index (κ3) is 8.59. The first kappa shape index (κ1) is 38.2. The zero-order valence-corrected chi connectivity index (χ0v) is 32.7. The molecule has 1 saturated carbocycles. The monoisotopic (exact) mass is 765 g/mol. The number of carbonyl (C=O) groups is 2. The molecule has 2 aromatic carbocycles. The average molecular weight is 766 g/mol. The molecule has 7 rings (SSSR count). The molecule has 12 heteroatoms. The number of rotatable bonds is 5. The third-order valence-electron chi connectivity index (χ3n) is 12.0. The van der Waals surface area contributed by atoms with Crippen molar-refractivity contribution in [3.63, 3.8) is 0 Å². The van der Waals surface area contributed by atoms with Crippen LogP contribution in [0.15, 0.2) is 57.9 Å². The Morgan fingerprint density at radius 3 is 2.77 bits per heavy atom. The van der Waals surface area contributed by atoms with Gasteiger partial charge in [0.15, 0.2) is 0 Å². The van der Waals surface area contributed by atoms with Gasteiger partial charge in [0.05, 0.1) is 33.7 Å².